The molecular weight excluding hydrogens is 440 g/mol. The van der Waals surface area contributed by atoms with Gasteiger partial charge in [0.15, 0.2) is 18.1 Å². The van der Waals surface area contributed by atoms with E-state index < -0.39 is 15.9 Å². The van der Waals surface area contributed by atoms with Gasteiger partial charge in [-0.3, -0.25) is 4.79 Å². The Morgan fingerprint density at radius 1 is 1.16 bits per heavy atom. The molecule has 0 atom stereocenters. The number of methoxy groups -OCH3 is 1. The van der Waals surface area contributed by atoms with Crippen LogP contribution in [0, 0.1) is 0 Å². The van der Waals surface area contributed by atoms with Crippen LogP contribution in [0.4, 0.5) is 5.69 Å². The first-order chi connectivity index (χ1) is 14.8. The summed E-state index contributed by atoms with van der Waals surface area (Å²) >= 11 is 6.16. The van der Waals surface area contributed by atoms with Gasteiger partial charge in [-0.15, -0.1) is 6.58 Å². The Hall–Kier alpha value is -2.55. The van der Waals surface area contributed by atoms with Crippen molar-refractivity contribution in [3.8, 4) is 11.5 Å². The van der Waals surface area contributed by atoms with Crippen LogP contribution in [0.25, 0.3) is 0 Å². The molecule has 0 spiro atoms. The summed E-state index contributed by atoms with van der Waals surface area (Å²) in [5.74, 6) is 0.420. The summed E-state index contributed by atoms with van der Waals surface area (Å²) in [6.07, 6.45) is 2.46. The third kappa shape index (κ3) is 6.22. The minimum atomic E-state index is -3.68. The third-order valence-electron chi connectivity index (χ3n) is 4.52. The number of nitrogens with one attached hydrogen (secondary N) is 1. The number of allylic oxidation sites excluding steroid dienone is 1. The molecule has 7 nitrogen and oxygen atoms in total. The first kappa shape index (κ1) is 24.7. The Morgan fingerprint density at radius 2 is 1.87 bits per heavy atom. The maximum atomic E-state index is 12.7. The fourth-order valence-electron chi connectivity index (χ4n) is 2.93. The highest BCUT2D eigenvalue weighted by Gasteiger charge is 2.23. The van der Waals surface area contributed by atoms with Crippen LogP contribution in [0.15, 0.2) is 53.9 Å². The molecule has 0 aliphatic heterocycles. The number of carbonyl (C=O) groups is 1. The third-order valence-corrected chi connectivity index (χ3v) is 6.90. The van der Waals surface area contributed by atoms with Crippen molar-refractivity contribution in [1.29, 1.82) is 0 Å². The zero-order valence-electron chi connectivity index (χ0n) is 17.9. The highest BCUT2D eigenvalue weighted by Crippen LogP contribution is 2.29. The second-order valence-electron chi connectivity index (χ2n) is 6.55. The second-order valence-corrected chi connectivity index (χ2v) is 8.89. The van der Waals surface area contributed by atoms with Gasteiger partial charge in [0.25, 0.3) is 5.91 Å². The number of anilines is 1. The SMILES string of the molecule is C=CCc1ccc(OCC(=O)Nc2cc(S(=O)(=O)N(CC)CC)ccc2Cl)c(OC)c1. The number of halogens is 1. The molecule has 1 N–H and O–H groups in total. The van der Waals surface area contributed by atoms with Crippen LogP contribution >= 0.6 is 11.6 Å². The minimum Gasteiger partial charge on any atom is -0.493 e. The maximum Gasteiger partial charge on any atom is 0.262 e. The van der Waals surface area contributed by atoms with Crippen LogP contribution in [0.1, 0.15) is 19.4 Å². The minimum absolute atomic E-state index is 0.0521. The number of hydrogen-bond acceptors (Lipinski definition) is 5. The smallest absolute Gasteiger partial charge is 0.262 e. The van der Waals surface area contributed by atoms with E-state index in [1.807, 2.05) is 12.1 Å². The molecule has 0 fully saturated rings. The lowest BCUT2D eigenvalue weighted by Crippen LogP contribution is -2.30. The maximum absolute atomic E-state index is 12.7. The van der Waals surface area contributed by atoms with E-state index in [1.54, 1.807) is 26.0 Å². The highest BCUT2D eigenvalue weighted by molar-refractivity contribution is 7.89. The molecule has 0 bridgehead atoms. The molecule has 2 rings (SSSR count). The Bertz CT molecular complexity index is 1040. The number of benzene rings is 2. The summed E-state index contributed by atoms with van der Waals surface area (Å²) in [5.41, 5.74) is 1.19. The normalized spacial score (nSPS) is 11.3. The van der Waals surface area contributed by atoms with Crippen LogP contribution in [-0.2, 0) is 21.2 Å². The molecule has 168 valence electrons. The molecule has 0 aromatic heterocycles. The van der Waals surface area contributed by atoms with Gasteiger partial charge < -0.3 is 14.8 Å². The molecule has 0 radical (unpaired) electrons. The van der Waals surface area contributed by atoms with Gasteiger partial charge in [0.05, 0.1) is 22.7 Å². The molecule has 0 aliphatic rings. The van der Waals surface area contributed by atoms with Gasteiger partial charge in [-0.1, -0.05) is 37.6 Å². The van der Waals surface area contributed by atoms with E-state index in [0.717, 1.165) is 5.56 Å². The van der Waals surface area contributed by atoms with Gasteiger partial charge in [-0.2, -0.15) is 4.31 Å². The van der Waals surface area contributed by atoms with E-state index in [1.165, 1.54) is 29.6 Å². The second kappa shape index (κ2) is 11.2. The molecule has 31 heavy (non-hydrogen) atoms. The predicted octanol–water partition coefficient (Wildman–Crippen LogP) is 4.13. The largest absolute Gasteiger partial charge is 0.493 e. The molecule has 9 heteroatoms. The van der Waals surface area contributed by atoms with E-state index in [0.29, 0.717) is 31.0 Å². The summed E-state index contributed by atoms with van der Waals surface area (Å²) in [6.45, 7) is 7.59. The average Bonchev–Trinajstić information content (AvgIpc) is 2.75. The van der Waals surface area contributed by atoms with E-state index in [4.69, 9.17) is 21.1 Å². The number of hydrogen-bond donors (Lipinski definition) is 1. The van der Waals surface area contributed by atoms with Crippen molar-refractivity contribution in [1.82, 2.24) is 4.31 Å². The van der Waals surface area contributed by atoms with Crippen molar-refractivity contribution in [3.63, 3.8) is 0 Å². The number of ether oxygens (including phenoxy) is 2. The predicted molar refractivity (Wildman–Crippen MR) is 123 cm³/mol. The van der Waals surface area contributed by atoms with Crippen molar-refractivity contribution in [2.75, 3.05) is 32.1 Å². The van der Waals surface area contributed by atoms with Gasteiger partial charge in [-0.25, -0.2) is 8.42 Å². The fourth-order valence-corrected chi connectivity index (χ4v) is 4.58. The Balaban J connectivity index is 2.13. The Kier molecular flexibility index (Phi) is 8.91. The number of rotatable bonds is 11. The van der Waals surface area contributed by atoms with Crippen LogP contribution in [0.3, 0.4) is 0 Å². The summed E-state index contributed by atoms with van der Waals surface area (Å²) in [6, 6.07) is 9.59. The van der Waals surface area contributed by atoms with Gasteiger partial charge in [0, 0.05) is 13.1 Å². The van der Waals surface area contributed by atoms with E-state index in [2.05, 4.69) is 11.9 Å². The molecule has 0 saturated carbocycles. The standard InChI is InChI=1S/C22H27ClN2O5S/c1-5-8-16-9-12-20(21(13-16)29-4)30-15-22(26)24-19-14-17(10-11-18(19)23)31(27,28)25(6-2)7-3/h5,9-14H,1,6-8,15H2,2-4H3,(H,24,26). The number of amides is 1. The Labute approximate surface area is 188 Å². The van der Waals surface area contributed by atoms with Crippen molar-refractivity contribution in [2.45, 2.75) is 25.2 Å². The zero-order valence-corrected chi connectivity index (χ0v) is 19.4. The zero-order chi connectivity index (χ0) is 23.0. The summed E-state index contributed by atoms with van der Waals surface area (Å²) in [4.78, 5) is 12.5. The average molecular weight is 467 g/mol. The lowest BCUT2D eigenvalue weighted by atomic mass is 10.1. The molecule has 0 saturated heterocycles. The van der Waals surface area contributed by atoms with Crippen molar-refractivity contribution < 1.29 is 22.7 Å². The van der Waals surface area contributed by atoms with Crippen molar-refractivity contribution >= 4 is 33.2 Å². The van der Waals surface area contributed by atoms with Gasteiger partial charge in [0.1, 0.15) is 0 Å². The topological polar surface area (TPSA) is 84.9 Å². The monoisotopic (exact) mass is 466 g/mol. The quantitative estimate of drug-likeness (QED) is 0.503. The van der Waals surface area contributed by atoms with Crippen LogP contribution in [0.5, 0.6) is 11.5 Å². The van der Waals surface area contributed by atoms with Gasteiger partial charge in [0.2, 0.25) is 10.0 Å². The van der Waals surface area contributed by atoms with Crippen LogP contribution in [0.2, 0.25) is 5.02 Å². The van der Waals surface area contributed by atoms with Gasteiger partial charge >= 0.3 is 0 Å². The number of nitrogens with zero attached hydrogens (tertiary/aromatic N) is 1. The summed E-state index contributed by atoms with van der Waals surface area (Å²) in [7, 11) is -2.17. The first-order valence-electron chi connectivity index (χ1n) is 9.76. The molecular formula is C22H27ClN2O5S. The molecule has 1 amide bonds. The first-order valence-corrected chi connectivity index (χ1v) is 11.6. The van der Waals surface area contributed by atoms with Crippen LogP contribution < -0.4 is 14.8 Å². The lowest BCUT2D eigenvalue weighted by molar-refractivity contribution is -0.118. The number of sulfonamides is 1. The van der Waals surface area contributed by atoms with E-state index >= 15 is 0 Å². The molecule has 2 aromatic carbocycles. The van der Waals surface area contributed by atoms with E-state index in [-0.39, 0.29) is 22.2 Å². The molecule has 2 aromatic rings. The number of carbonyl (C=O) groups excluding carboxylic acids is 1. The fraction of sp³-hybridized carbons (Fsp3) is 0.318. The molecule has 0 heterocycles. The van der Waals surface area contributed by atoms with Crippen molar-refractivity contribution in [2.24, 2.45) is 0 Å². The van der Waals surface area contributed by atoms with Gasteiger partial charge in [-0.05, 0) is 42.3 Å². The lowest BCUT2D eigenvalue weighted by Gasteiger charge is -2.19. The summed E-state index contributed by atoms with van der Waals surface area (Å²) in [5, 5.41) is 2.82. The van der Waals surface area contributed by atoms with Crippen molar-refractivity contribution in [3.05, 3.63) is 59.6 Å². The Morgan fingerprint density at radius 3 is 2.48 bits per heavy atom. The van der Waals surface area contributed by atoms with E-state index in [9.17, 15) is 13.2 Å². The molecule has 0 aliphatic carbocycles. The highest BCUT2D eigenvalue weighted by atomic mass is 35.5. The molecule has 0 unspecified atom stereocenters. The van der Waals surface area contributed by atoms with Crippen LogP contribution in [-0.4, -0.2) is 45.4 Å². The summed E-state index contributed by atoms with van der Waals surface area (Å²) < 4.78 is 37.7.